The topological polar surface area (TPSA) is 48.4 Å². The molecule has 1 rings (SSSR count). The Bertz CT molecular complexity index is 384. The molecule has 0 fully saturated rings. The van der Waals surface area contributed by atoms with E-state index in [0.29, 0.717) is 0 Å². The number of hydrogen-bond acceptors (Lipinski definition) is 4. The number of aromatic nitrogens is 1. The first-order chi connectivity index (χ1) is 10.0. The van der Waals surface area contributed by atoms with Crippen LogP contribution in [0.5, 0.6) is 0 Å². The number of aliphatic hydroxyl groups is 1. The number of nitrogens with zero attached hydrogens (tertiary/aromatic N) is 2. The number of hydrogen-bond donors (Lipinski definition) is 2. The predicted octanol–water partition coefficient (Wildman–Crippen LogP) is 2.35. The summed E-state index contributed by atoms with van der Waals surface area (Å²) < 4.78 is 13.0. The van der Waals surface area contributed by atoms with Crippen LogP contribution in [0.15, 0.2) is 18.3 Å². The van der Waals surface area contributed by atoms with Crippen LogP contribution in [-0.4, -0.2) is 47.8 Å². The molecule has 1 heterocycles. The molecule has 0 amide bonds. The molecule has 0 bridgehead atoms. The minimum absolute atomic E-state index is 0.138. The molecule has 2 atom stereocenters. The van der Waals surface area contributed by atoms with E-state index >= 15 is 0 Å². The highest BCUT2D eigenvalue weighted by Crippen LogP contribution is 2.15. The number of aliphatic hydroxyl groups excluding tert-OH is 1. The molecule has 5 heteroatoms. The second-order valence-electron chi connectivity index (χ2n) is 5.64. The molecule has 1 aromatic heterocycles. The fraction of sp³-hybridized carbons (Fsp3) is 0.688. The lowest BCUT2D eigenvalue weighted by atomic mass is 10.1. The fourth-order valence-electron chi connectivity index (χ4n) is 2.13. The van der Waals surface area contributed by atoms with E-state index in [2.05, 4.69) is 29.2 Å². The molecule has 0 aliphatic rings. The average Bonchev–Trinajstić information content (AvgIpc) is 2.46. The van der Waals surface area contributed by atoms with E-state index in [4.69, 9.17) is 0 Å². The van der Waals surface area contributed by atoms with Crippen LogP contribution in [-0.2, 0) is 0 Å². The first kappa shape index (κ1) is 18.0. The minimum atomic E-state index is -0.304. The Morgan fingerprint density at radius 2 is 2.05 bits per heavy atom. The maximum absolute atomic E-state index is 13.0. The van der Waals surface area contributed by atoms with Gasteiger partial charge < -0.3 is 15.3 Å². The Morgan fingerprint density at radius 1 is 1.33 bits per heavy atom. The summed E-state index contributed by atoms with van der Waals surface area (Å²) in [5.74, 6) is -0.304. The summed E-state index contributed by atoms with van der Waals surface area (Å²) in [5.41, 5.74) is 0.883. The van der Waals surface area contributed by atoms with Gasteiger partial charge in [-0.3, -0.25) is 4.98 Å². The molecule has 0 saturated carbocycles. The highest BCUT2D eigenvalue weighted by atomic mass is 19.1. The monoisotopic (exact) mass is 297 g/mol. The summed E-state index contributed by atoms with van der Waals surface area (Å²) in [6.07, 6.45) is 3.75. The van der Waals surface area contributed by atoms with Crippen LogP contribution in [0.3, 0.4) is 0 Å². The normalized spacial score (nSPS) is 14.4. The van der Waals surface area contributed by atoms with Gasteiger partial charge in [0.1, 0.15) is 5.82 Å². The first-order valence-electron chi connectivity index (χ1n) is 7.74. The van der Waals surface area contributed by atoms with E-state index in [-0.39, 0.29) is 18.0 Å². The summed E-state index contributed by atoms with van der Waals surface area (Å²) in [5, 5.41) is 12.8. The van der Waals surface area contributed by atoms with E-state index < -0.39 is 0 Å². The van der Waals surface area contributed by atoms with Crippen molar-refractivity contribution in [1.29, 1.82) is 0 Å². The molecule has 120 valence electrons. The van der Waals surface area contributed by atoms with Crippen LogP contribution >= 0.6 is 0 Å². The van der Waals surface area contributed by atoms with Crippen LogP contribution in [0.1, 0.15) is 44.8 Å². The Kier molecular flexibility index (Phi) is 8.42. The lowest BCUT2D eigenvalue weighted by Gasteiger charge is -2.22. The van der Waals surface area contributed by atoms with Crippen LogP contribution in [0.2, 0.25) is 0 Å². The van der Waals surface area contributed by atoms with Gasteiger partial charge in [-0.25, -0.2) is 4.39 Å². The van der Waals surface area contributed by atoms with Crippen LogP contribution in [0.4, 0.5) is 4.39 Å². The number of rotatable bonds is 10. The summed E-state index contributed by atoms with van der Waals surface area (Å²) in [6.45, 7) is 6.63. The molecule has 0 aliphatic carbocycles. The summed E-state index contributed by atoms with van der Waals surface area (Å²) in [4.78, 5) is 6.39. The highest BCUT2D eigenvalue weighted by Gasteiger charge is 2.13. The van der Waals surface area contributed by atoms with Crippen molar-refractivity contribution in [3.8, 4) is 0 Å². The van der Waals surface area contributed by atoms with Crippen LogP contribution in [0.25, 0.3) is 0 Å². The SMILES string of the molecule is CCCNC(CCN(C)CCC(C)O)c1ccc(F)cn1. The van der Waals surface area contributed by atoms with Crippen molar-refractivity contribution in [1.82, 2.24) is 15.2 Å². The Labute approximate surface area is 127 Å². The average molecular weight is 297 g/mol. The molecule has 1 aromatic rings. The van der Waals surface area contributed by atoms with Gasteiger partial charge in [0, 0.05) is 6.54 Å². The Morgan fingerprint density at radius 3 is 2.62 bits per heavy atom. The van der Waals surface area contributed by atoms with Crippen molar-refractivity contribution in [2.24, 2.45) is 0 Å². The van der Waals surface area contributed by atoms with E-state index in [1.165, 1.54) is 12.3 Å². The largest absolute Gasteiger partial charge is 0.393 e. The van der Waals surface area contributed by atoms with E-state index in [1.54, 1.807) is 6.07 Å². The van der Waals surface area contributed by atoms with Gasteiger partial charge >= 0.3 is 0 Å². The van der Waals surface area contributed by atoms with Crippen LogP contribution < -0.4 is 5.32 Å². The fourth-order valence-corrected chi connectivity index (χ4v) is 2.13. The van der Waals surface area contributed by atoms with Crippen molar-refractivity contribution in [2.75, 3.05) is 26.7 Å². The van der Waals surface area contributed by atoms with Gasteiger partial charge in [0.2, 0.25) is 0 Å². The Balaban J connectivity index is 2.51. The standard InChI is InChI=1S/C16H28FN3O/c1-4-9-18-16(15-6-5-14(17)12-19-15)8-11-20(3)10-7-13(2)21/h5-6,12-13,16,18,21H,4,7-11H2,1-3H3. The minimum Gasteiger partial charge on any atom is -0.393 e. The van der Waals surface area contributed by atoms with Crippen molar-refractivity contribution in [3.63, 3.8) is 0 Å². The van der Waals surface area contributed by atoms with E-state index in [0.717, 1.165) is 44.6 Å². The number of pyridine rings is 1. The molecular formula is C16H28FN3O. The number of halogens is 1. The molecular weight excluding hydrogens is 269 g/mol. The maximum Gasteiger partial charge on any atom is 0.141 e. The summed E-state index contributed by atoms with van der Waals surface area (Å²) >= 11 is 0. The molecule has 2 N–H and O–H groups in total. The third-order valence-electron chi connectivity index (χ3n) is 3.48. The van der Waals surface area contributed by atoms with Gasteiger partial charge in [-0.05, 0) is 58.5 Å². The molecule has 0 spiro atoms. The molecule has 0 aromatic carbocycles. The molecule has 4 nitrogen and oxygen atoms in total. The molecule has 2 unspecified atom stereocenters. The van der Waals surface area contributed by atoms with Crippen molar-refractivity contribution >= 4 is 0 Å². The quantitative estimate of drug-likeness (QED) is 0.696. The van der Waals surface area contributed by atoms with Gasteiger partial charge in [0.05, 0.1) is 24.0 Å². The molecule has 0 radical (unpaired) electrons. The molecule has 0 saturated heterocycles. The van der Waals surface area contributed by atoms with Crippen LogP contribution in [0, 0.1) is 5.82 Å². The van der Waals surface area contributed by atoms with Crippen molar-refractivity contribution in [3.05, 3.63) is 29.8 Å². The van der Waals surface area contributed by atoms with Gasteiger partial charge in [0.25, 0.3) is 0 Å². The smallest absolute Gasteiger partial charge is 0.141 e. The Hall–Kier alpha value is -1.04. The zero-order valence-electron chi connectivity index (χ0n) is 13.3. The van der Waals surface area contributed by atoms with Crippen molar-refractivity contribution < 1.29 is 9.50 Å². The highest BCUT2D eigenvalue weighted by molar-refractivity contribution is 5.10. The van der Waals surface area contributed by atoms with E-state index in [9.17, 15) is 9.50 Å². The third-order valence-corrected chi connectivity index (χ3v) is 3.48. The zero-order chi connectivity index (χ0) is 15.7. The first-order valence-corrected chi connectivity index (χ1v) is 7.74. The van der Waals surface area contributed by atoms with Gasteiger partial charge in [-0.15, -0.1) is 0 Å². The summed E-state index contributed by atoms with van der Waals surface area (Å²) in [7, 11) is 2.05. The molecule has 0 aliphatic heterocycles. The summed E-state index contributed by atoms with van der Waals surface area (Å²) in [6, 6.07) is 3.35. The van der Waals surface area contributed by atoms with Gasteiger partial charge in [0.15, 0.2) is 0 Å². The predicted molar refractivity (Wildman–Crippen MR) is 83.6 cm³/mol. The second kappa shape index (κ2) is 9.82. The lowest BCUT2D eigenvalue weighted by molar-refractivity contribution is 0.163. The van der Waals surface area contributed by atoms with E-state index in [1.807, 2.05) is 6.92 Å². The maximum atomic E-state index is 13.0. The van der Waals surface area contributed by atoms with Crippen molar-refractivity contribution in [2.45, 2.75) is 45.3 Å². The number of nitrogens with one attached hydrogen (secondary N) is 1. The zero-order valence-corrected chi connectivity index (χ0v) is 13.3. The van der Waals surface area contributed by atoms with Gasteiger partial charge in [-0.2, -0.15) is 0 Å². The third kappa shape index (κ3) is 7.50. The second-order valence-corrected chi connectivity index (χ2v) is 5.64. The van der Waals surface area contributed by atoms with Gasteiger partial charge in [-0.1, -0.05) is 6.92 Å². The lowest BCUT2D eigenvalue weighted by Crippen LogP contribution is -2.29. The molecule has 21 heavy (non-hydrogen) atoms.